The van der Waals surface area contributed by atoms with Crippen molar-refractivity contribution in [2.45, 2.75) is 72.1 Å². The highest BCUT2D eigenvalue weighted by atomic mass is 16.6. The monoisotopic (exact) mass is 508 g/mol. The van der Waals surface area contributed by atoms with E-state index in [4.69, 9.17) is 18.9 Å². The van der Waals surface area contributed by atoms with Crippen LogP contribution in [0.25, 0.3) is 21.5 Å². The normalized spacial score (nSPS) is 11.0. The summed E-state index contributed by atoms with van der Waals surface area (Å²) in [7, 11) is 0. The molecule has 0 radical (unpaired) electrons. The van der Waals surface area contributed by atoms with E-state index in [2.05, 4.69) is 19.9 Å². The van der Waals surface area contributed by atoms with Crippen molar-refractivity contribution in [2.75, 3.05) is 26.4 Å². The molecule has 0 N–H and O–H groups in total. The van der Waals surface area contributed by atoms with E-state index in [1.54, 1.807) is 0 Å². The molecule has 0 aliphatic rings. The summed E-state index contributed by atoms with van der Waals surface area (Å²) < 4.78 is 23.2. The van der Waals surface area contributed by atoms with Crippen molar-refractivity contribution in [3.63, 3.8) is 0 Å². The number of carbonyl (C=O) groups excluding carboxylic acids is 2. The molecular weight excluding hydrogens is 468 g/mol. The Morgan fingerprint density at radius 2 is 1.11 bits per heavy atom. The van der Waals surface area contributed by atoms with Crippen molar-refractivity contribution >= 4 is 33.5 Å². The highest BCUT2D eigenvalue weighted by Gasteiger charge is 2.17. The fraction of sp³-hybridized carbons (Fsp3) is 0.484. The van der Waals surface area contributed by atoms with Gasteiger partial charge in [-0.2, -0.15) is 0 Å². The van der Waals surface area contributed by atoms with Gasteiger partial charge < -0.3 is 18.9 Å². The maximum atomic E-state index is 12.0. The first-order valence-electron chi connectivity index (χ1n) is 13.6. The molecule has 0 aliphatic carbocycles. The summed E-state index contributed by atoms with van der Waals surface area (Å²) >= 11 is 0. The van der Waals surface area contributed by atoms with Gasteiger partial charge in [0.05, 0.1) is 0 Å². The maximum Gasteiger partial charge on any atom is 0.305 e. The predicted molar refractivity (Wildman–Crippen MR) is 147 cm³/mol. The SMILES string of the molecule is CCCCCC(=O)OCCOc1c2ccccc2c(OCCOC(=O)CCCCC)c2cc(C)ccc12. The zero-order chi connectivity index (χ0) is 26.5. The van der Waals surface area contributed by atoms with Crippen LogP contribution in [0.15, 0.2) is 42.5 Å². The van der Waals surface area contributed by atoms with Gasteiger partial charge in [0, 0.05) is 34.4 Å². The van der Waals surface area contributed by atoms with Crippen molar-refractivity contribution in [3.05, 3.63) is 48.0 Å². The number of carbonyl (C=O) groups is 2. The number of fused-ring (bicyclic) bond motifs is 2. The molecule has 6 nitrogen and oxygen atoms in total. The van der Waals surface area contributed by atoms with Crippen LogP contribution in [0.5, 0.6) is 11.5 Å². The van der Waals surface area contributed by atoms with Crippen molar-refractivity contribution in [1.82, 2.24) is 0 Å². The molecule has 0 atom stereocenters. The van der Waals surface area contributed by atoms with Gasteiger partial charge in [0.25, 0.3) is 0 Å². The fourth-order valence-electron chi connectivity index (χ4n) is 4.31. The Morgan fingerprint density at radius 1 is 0.622 bits per heavy atom. The van der Waals surface area contributed by atoms with Gasteiger partial charge in [0.1, 0.15) is 37.9 Å². The lowest BCUT2D eigenvalue weighted by Crippen LogP contribution is -2.13. The fourth-order valence-corrected chi connectivity index (χ4v) is 4.31. The topological polar surface area (TPSA) is 71.1 Å². The highest BCUT2D eigenvalue weighted by Crippen LogP contribution is 2.43. The lowest BCUT2D eigenvalue weighted by Gasteiger charge is -2.18. The van der Waals surface area contributed by atoms with Crippen molar-refractivity contribution in [3.8, 4) is 11.5 Å². The van der Waals surface area contributed by atoms with Crippen LogP contribution in [0, 0.1) is 6.92 Å². The molecular formula is C31H40O6. The summed E-state index contributed by atoms with van der Waals surface area (Å²) in [6.07, 6.45) is 6.78. The van der Waals surface area contributed by atoms with Crippen molar-refractivity contribution in [1.29, 1.82) is 0 Å². The molecule has 0 heterocycles. The summed E-state index contributed by atoms with van der Waals surface area (Å²) in [5.41, 5.74) is 1.10. The molecule has 0 aromatic heterocycles. The number of hydrogen-bond acceptors (Lipinski definition) is 6. The van der Waals surface area contributed by atoms with E-state index in [-0.39, 0.29) is 38.4 Å². The average Bonchev–Trinajstić information content (AvgIpc) is 2.89. The van der Waals surface area contributed by atoms with E-state index in [0.29, 0.717) is 12.8 Å². The smallest absolute Gasteiger partial charge is 0.305 e. The Bertz CT molecular complexity index is 1170. The van der Waals surface area contributed by atoms with Crippen molar-refractivity contribution in [2.24, 2.45) is 0 Å². The first-order chi connectivity index (χ1) is 18.0. The van der Waals surface area contributed by atoms with Crippen molar-refractivity contribution < 1.29 is 28.5 Å². The van der Waals surface area contributed by atoms with E-state index in [0.717, 1.165) is 77.1 Å². The zero-order valence-corrected chi connectivity index (χ0v) is 22.5. The van der Waals surface area contributed by atoms with E-state index in [1.165, 1.54) is 0 Å². The largest absolute Gasteiger partial charge is 0.489 e. The van der Waals surface area contributed by atoms with Gasteiger partial charge in [-0.15, -0.1) is 0 Å². The van der Waals surface area contributed by atoms with E-state index < -0.39 is 0 Å². The van der Waals surface area contributed by atoms with Crippen LogP contribution in [0.2, 0.25) is 0 Å². The molecule has 0 bridgehead atoms. The predicted octanol–water partition coefficient (Wildman–Crippen LogP) is 7.31. The summed E-state index contributed by atoms with van der Waals surface area (Å²) in [4.78, 5) is 23.9. The van der Waals surface area contributed by atoms with Crippen LogP contribution < -0.4 is 9.47 Å². The molecule has 200 valence electrons. The molecule has 0 unspecified atom stereocenters. The Labute approximate surface area is 220 Å². The maximum absolute atomic E-state index is 12.0. The summed E-state index contributed by atoms with van der Waals surface area (Å²) in [5.74, 6) is 1.11. The lowest BCUT2D eigenvalue weighted by atomic mass is 9.99. The second kappa shape index (κ2) is 15.1. The molecule has 0 fully saturated rings. The minimum Gasteiger partial charge on any atom is -0.489 e. The Balaban J connectivity index is 1.74. The van der Waals surface area contributed by atoms with Gasteiger partial charge in [-0.3, -0.25) is 9.59 Å². The number of rotatable bonds is 16. The second-order valence-corrected chi connectivity index (χ2v) is 9.30. The summed E-state index contributed by atoms with van der Waals surface area (Å²) in [5, 5.41) is 3.69. The quantitative estimate of drug-likeness (QED) is 0.115. The Kier molecular flexibility index (Phi) is 11.5. The molecule has 3 rings (SSSR count). The standard InChI is InChI=1S/C31H40O6/c1-4-6-8-14-28(32)34-18-20-36-30-24-12-10-11-13-25(24)31(27-22-23(3)16-17-26(27)30)37-21-19-35-29(33)15-9-7-5-2/h10-13,16-17,22H,4-9,14-15,18-21H2,1-3H3. The number of aryl methyl sites for hydroxylation is 1. The molecule has 37 heavy (non-hydrogen) atoms. The van der Waals surface area contributed by atoms with E-state index in [1.807, 2.05) is 43.3 Å². The molecule has 3 aromatic carbocycles. The molecule has 0 saturated heterocycles. The molecule has 3 aromatic rings. The first-order valence-corrected chi connectivity index (χ1v) is 13.6. The van der Waals surface area contributed by atoms with Crippen LogP contribution in [0.1, 0.15) is 70.8 Å². The van der Waals surface area contributed by atoms with Gasteiger partial charge in [-0.25, -0.2) is 0 Å². The zero-order valence-electron chi connectivity index (χ0n) is 22.5. The van der Waals surface area contributed by atoms with Crippen LogP contribution in [0.4, 0.5) is 0 Å². The van der Waals surface area contributed by atoms with Crippen LogP contribution in [-0.2, 0) is 19.1 Å². The Morgan fingerprint density at radius 3 is 1.62 bits per heavy atom. The van der Waals surface area contributed by atoms with E-state index >= 15 is 0 Å². The molecule has 0 saturated carbocycles. The number of ether oxygens (including phenoxy) is 4. The van der Waals surface area contributed by atoms with Gasteiger partial charge in [-0.1, -0.05) is 81.5 Å². The van der Waals surface area contributed by atoms with E-state index in [9.17, 15) is 9.59 Å². The molecule has 0 spiro atoms. The second-order valence-electron chi connectivity index (χ2n) is 9.30. The summed E-state index contributed by atoms with van der Waals surface area (Å²) in [6, 6.07) is 14.1. The third kappa shape index (κ3) is 8.38. The Hall–Kier alpha value is -3.28. The van der Waals surface area contributed by atoms with Gasteiger partial charge >= 0.3 is 11.9 Å². The van der Waals surface area contributed by atoms with Gasteiger partial charge in [-0.05, 0) is 25.8 Å². The number of hydrogen-bond donors (Lipinski definition) is 0. The minimum atomic E-state index is -0.183. The van der Waals surface area contributed by atoms with Gasteiger partial charge in [0.15, 0.2) is 0 Å². The highest BCUT2D eigenvalue weighted by molar-refractivity contribution is 6.11. The third-order valence-corrected chi connectivity index (χ3v) is 6.24. The molecule has 0 aliphatic heterocycles. The summed E-state index contributed by atoms with van der Waals surface area (Å²) in [6.45, 7) is 7.19. The minimum absolute atomic E-state index is 0.183. The molecule has 6 heteroatoms. The number of unbranched alkanes of at least 4 members (excludes halogenated alkanes) is 4. The number of benzene rings is 3. The first kappa shape index (κ1) is 28.3. The third-order valence-electron chi connectivity index (χ3n) is 6.24. The molecule has 0 amide bonds. The number of esters is 2. The average molecular weight is 509 g/mol. The van der Waals surface area contributed by atoms with Crippen LogP contribution in [0.3, 0.4) is 0 Å². The lowest BCUT2D eigenvalue weighted by molar-refractivity contribution is -0.145. The van der Waals surface area contributed by atoms with Crippen LogP contribution >= 0.6 is 0 Å². The van der Waals surface area contributed by atoms with Gasteiger partial charge in [0.2, 0.25) is 0 Å². The van der Waals surface area contributed by atoms with Crippen LogP contribution in [-0.4, -0.2) is 38.4 Å².